The third-order valence-electron chi connectivity index (χ3n) is 8.00. The molecule has 1 heterocycles. The Kier molecular flexibility index (Phi) is 3.64. The zero-order valence-corrected chi connectivity index (χ0v) is 15.5. The van der Waals surface area contributed by atoms with Crippen LogP contribution in [0.4, 0.5) is 0 Å². The van der Waals surface area contributed by atoms with Crippen LogP contribution in [0.15, 0.2) is 30.3 Å². The summed E-state index contributed by atoms with van der Waals surface area (Å²) < 4.78 is 0. The lowest BCUT2D eigenvalue weighted by molar-refractivity contribution is -0.147. The van der Waals surface area contributed by atoms with Crippen molar-refractivity contribution < 1.29 is 4.79 Å². The van der Waals surface area contributed by atoms with Crippen LogP contribution in [0.25, 0.3) is 0 Å². The lowest BCUT2D eigenvalue weighted by Crippen LogP contribution is -2.57. The molecule has 4 bridgehead atoms. The topological polar surface area (TPSA) is 20.3 Å². The van der Waals surface area contributed by atoms with Crippen molar-refractivity contribution in [1.29, 1.82) is 0 Å². The third-order valence-corrected chi connectivity index (χ3v) is 8.00. The molecule has 5 fully saturated rings. The minimum atomic E-state index is 0.0150. The smallest absolute Gasteiger partial charge is 0.139 e. The van der Waals surface area contributed by atoms with Crippen molar-refractivity contribution in [2.24, 2.45) is 23.2 Å². The first-order valence-electron chi connectivity index (χ1n) is 10.3. The van der Waals surface area contributed by atoms with E-state index in [1.54, 1.807) is 0 Å². The van der Waals surface area contributed by atoms with Crippen molar-refractivity contribution in [1.82, 2.24) is 4.90 Å². The number of carbonyl (C=O) groups excluding carboxylic acids is 1. The molecule has 3 atom stereocenters. The Morgan fingerprint density at radius 1 is 1.12 bits per heavy atom. The lowest BCUT2D eigenvalue weighted by atomic mass is 9.42. The van der Waals surface area contributed by atoms with E-state index in [4.69, 9.17) is 0 Å². The molecule has 4 aliphatic carbocycles. The number of hydrogen-bond donors (Lipinski definition) is 0. The van der Waals surface area contributed by atoms with Gasteiger partial charge in [0, 0.05) is 18.4 Å². The van der Waals surface area contributed by atoms with E-state index >= 15 is 0 Å². The summed E-state index contributed by atoms with van der Waals surface area (Å²) in [4.78, 5) is 15.9. The van der Waals surface area contributed by atoms with Gasteiger partial charge in [-0.05, 0) is 87.3 Å². The maximum Gasteiger partial charge on any atom is 0.139 e. The molecular weight excluding hydrogens is 306 g/mol. The highest BCUT2D eigenvalue weighted by Gasteiger charge is 2.60. The molecule has 0 spiro atoms. The molecule has 2 heteroatoms. The molecule has 0 aromatic heterocycles. The Morgan fingerprint density at radius 2 is 1.84 bits per heavy atom. The molecule has 2 unspecified atom stereocenters. The summed E-state index contributed by atoms with van der Waals surface area (Å²) in [5, 5.41) is 0. The lowest BCUT2D eigenvalue weighted by Gasteiger charge is -2.62. The quantitative estimate of drug-likeness (QED) is 0.810. The number of nitrogens with zero attached hydrogens (tertiary/aromatic N) is 1. The summed E-state index contributed by atoms with van der Waals surface area (Å²) in [7, 11) is 2.19. The molecule has 134 valence electrons. The molecule has 0 N–H and O–H groups in total. The molecule has 4 saturated carbocycles. The second-order valence-electron chi connectivity index (χ2n) is 9.93. The highest BCUT2D eigenvalue weighted by Crippen LogP contribution is 2.66. The number of rotatable bonds is 4. The standard InChI is InChI=1S/C23H31NO/c1-24-8-7-17(15-24)10-21(25)23-13-18-9-19(14-23)12-22(11-18,16-23)20-5-3-2-4-6-20/h2-6,17-19H,7-16H2,1H3/t17-,18?,19?,22?,23?/m0/s1. The van der Waals surface area contributed by atoms with Crippen LogP contribution in [0.1, 0.15) is 56.9 Å². The van der Waals surface area contributed by atoms with Gasteiger partial charge in [-0.2, -0.15) is 0 Å². The minimum absolute atomic E-state index is 0.0150. The van der Waals surface area contributed by atoms with Crippen LogP contribution < -0.4 is 0 Å². The third kappa shape index (κ3) is 2.60. The SMILES string of the molecule is CN1CC[C@@H](CC(=O)C23CC4CC(C2)CC(c2ccccc2)(C4)C3)C1. The largest absolute Gasteiger partial charge is 0.306 e. The molecule has 1 aromatic carbocycles. The van der Waals surface area contributed by atoms with Gasteiger partial charge in [-0.15, -0.1) is 0 Å². The van der Waals surface area contributed by atoms with Crippen molar-refractivity contribution >= 4 is 5.78 Å². The molecule has 2 nitrogen and oxygen atoms in total. The Hall–Kier alpha value is -1.15. The molecule has 0 radical (unpaired) electrons. The number of Topliss-reactive ketones (excluding diaryl/α,β-unsaturated/α-hetero) is 1. The highest BCUT2D eigenvalue weighted by molar-refractivity contribution is 5.86. The Morgan fingerprint density at radius 3 is 2.48 bits per heavy atom. The van der Waals surface area contributed by atoms with Crippen molar-refractivity contribution in [3.8, 4) is 0 Å². The fraction of sp³-hybridized carbons (Fsp3) is 0.696. The van der Waals surface area contributed by atoms with Gasteiger partial charge in [-0.1, -0.05) is 30.3 Å². The van der Waals surface area contributed by atoms with Gasteiger partial charge < -0.3 is 4.90 Å². The van der Waals surface area contributed by atoms with Crippen LogP contribution in [0, 0.1) is 23.2 Å². The number of hydrogen-bond acceptors (Lipinski definition) is 2. The zero-order valence-electron chi connectivity index (χ0n) is 15.5. The second-order valence-corrected chi connectivity index (χ2v) is 9.93. The van der Waals surface area contributed by atoms with E-state index < -0.39 is 0 Å². The number of ketones is 1. The zero-order chi connectivity index (χ0) is 17.1. The van der Waals surface area contributed by atoms with Gasteiger partial charge in [0.2, 0.25) is 0 Å². The van der Waals surface area contributed by atoms with Crippen molar-refractivity contribution in [2.75, 3.05) is 20.1 Å². The van der Waals surface area contributed by atoms with Crippen LogP contribution >= 0.6 is 0 Å². The molecule has 6 rings (SSSR count). The molecule has 25 heavy (non-hydrogen) atoms. The number of benzene rings is 1. The van der Waals surface area contributed by atoms with Gasteiger partial charge in [0.1, 0.15) is 5.78 Å². The maximum atomic E-state index is 13.5. The molecule has 0 amide bonds. The second kappa shape index (κ2) is 5.67. The normalized spacial score (nSPS) is 42.8. The first kappa shape index (κ1) is 16.1. The van der Waals surface area contributed by atoms with Crippen molar-refractivity contribution in [3.63, 3.8) is 0 Å². The molecule has 1 aromatic rings. The van der Waals surface area contributed by atoms with E-state index in [0.717, 1.165) is 31.2 Å². The Balaban J connectivity index is 1.43. The maximum absolute atomic E-state index is 13.5. The van der Waals surface area contributed by atoms with Crippen molar-refractivity contribution in [2.45, 2.75) is 56.8 Å². The monoisotopic (exact) mass is 337 g/mol. The summed E-state index contributed by atoms with van der Waals surface area (Å²) in [6.45, 7) is 2.29. The summed E-state index contributed by atoms with van der Waals surface area (Å²) >= 11 is 0. The van der Waals surface area contributed by atoms with E-state index in [1.807, 2.05) is 0 Å². The summed E-state index contributed by atoms with van der Waals surface area (Å²) in [6.07, 6.45) is 9.63. The van der Waals surface area contributed by atoms with E-state index in [0.29, 0.717) is 17.1 Å². The van der Waals surface area contributed by atoms with E-state index in [9.17, 15) is 4.79 Å². The van der Waals surface area contributed by atoms with Gasteiger partial charge in [0.25, 0.3) is 0 Å². The molecule has 1 aliphatic heterocycles. The van der Waals surface area contributed by atoms with Crippen molar-refractivity contribution in [3.05, 3.63) is 35.9 Å². The Bertz CT molecular complexity index is 652. The first-order chi connectivity index (χ1) is 12.1. The van der Waals surface area contributed by atoms with Gasteiger partial charge in [-0.3, -0.25) is 4.79 Å². The number of likely N-dealkylation sites (tertiary alicyclic amines) is 1. The van der Waals surface area contributed by atoms with E-state index in [2.05, 4.69) is 42.3 Å². The van der Waals surface area contributed by atoms with Crippen LogP contribution in [0.3, 0.4) is 0 Å². The first-order valence-corrected chi connectivity index (χ1v) is 10.3. The Labute approximate surface area is 152 Å². The fourth-order valence-electron chi connectivity index (χ4n) is 7.39. The predicted molar refractivity (Wildman–Crippen MR) is 100 cm³/mol. The van der Waals surface area contributed by atoms with Gasteiger partial charge in [0.15, 0.2) is 0 Å². The van der Waals surface area contributed by atoms with E-state index in [-0.39, 0.29) is 5.41 Å². The van der Waals surface area contributed by atoms with Crippen LogP contribution in [-0.4, -0.2) is 30.8 Å². The van der Waals surface area contributed by atoms with Gasteiger partial charge >= 0.3 is 0 Å². The summed E-state index contributed by atoms with van der Waals surface area (Å²) in [5.74, 6) is 2.81. The minimum Gasteiger partial charge on any atom is -0.306 e. The van der Waals surface area contributed by atoms with Crippen LogP contribution in [0.2, 0.25) is 0 Å². The average Bonchev–Trinajstić information content (AvgIpc) is 2.99. The average molecular weight is 338 g/mol. The predicted octanol–water partition coefficient (Wildman–Crippen LogP) is 4.44. The highest BCUT2D eigenvalue weighted by atomic mass is 16.1. The molecular formula is C23H31NO. The van der Waals surface area contributed by atoms with Crippen LogP contribution in [-0.2, 0) is 10.2 Å². The summed E-state index contributed by atoms with van der Waals surface area (Å²) in [5.41, 5.74) is 1.83. The fourth-order valence-corrected chi connectivity index (χ4v) is 7.39. The number of carbonyl (C=O) groups is 1. The van der Waals surface area contributed by atoms with E-state index in [1.165, 1.54) is 50.6 Å². The van der Waals surface area contributed by atoms with Gasteiger partial charge in [-0.25, -0.2) is 0 Å². The van der Waals surface area contributed by atoms with Gasteiger partial charge in [0.05, 0.1) is 0 Å². The molecule has 5 aliphatic rings. The molecule has 1 saturated heterocycles. The van der Waals surface area contributed by atoms with Crippen LogP contribution in [0.5, 0.6) is 0 Å². The summed E-state index contributed by atoms with van der Waals surface area (Å²) in [6, 6.07) is 11.2.